The largest absolute Gasteiger partial charge is 0.416 e. The number of anilines is 1. The number of rotatable bonds is 5. The maximum atomic E-state index is 12.8. The number of carbonyl (C=O) groups excluding carboxylic acids is 2. The zero-order chi connectivity index (χ0) is 17.0. The van der Waals surface area contributed by atoms with E-state index in [2.05, 4.69) is 5.32 Å². The third kappa shape index (κ3) is 4.46. The second kappa shape index (κ2) is 7.02. The first kappa shape index (κ1) is 17.3. The molecule has 0 bridgehead atoms. The standard InChI is InChI=1S/C16H19F3N2O2/c1-11(22)21(9-8-20-15(23)12-4-2-5-12)14-7-3-6-13(10-14)16(17,18)19/h3,6-7,10,12H,2,4-5,8-9H2,1H3,(H,20,23). The van der Waals surface area contributed by atoms with Gasteiger partial charge in [0.1, 0.15) is 0 Å². The smallest absolute Gasteiger partial charge is 0.354 e. The van der Waals surface area contributed by atoms with Crippen LogP contribution in [0.2, 0.25) is 0 Å². The lowest BCUT2D eigenvalue weighted by Crippen LogP contribution is -2.41. The lowest BCUT2D eigenvalue weighted by Gasteiger charge is -2.26. The van der Waals surface area contributed by atoms with E-state index in [0.717, 1.165) is 31.4 Å². The quantitative estimate of drug-likeness (QED) is 0.903. The van der Waals surface area contributed by atoms with Crippen LogP contribution in [0.4, 0.5) is 18.9 Å². The average molecular weight is 328 g/mol. The van der Waals surface area contributed by atoms with Crippen LogP contribution in [0.1, 0.15) is 31.7 Å². The highest BCUT2D eigenvalue weighted by Crippen LogP contribution is 2.31. The molecular formula is C16H19F3N2O2. The number of carbonyl (C=O) groups is 2. The molecule has 1 N–H and O–H groups in total. The molecule has 0 aromatic heterocycles. The van der Waals surface area contributed by atoms with E-state index in [4.69, 9.17) is 0 Å². The van der Waals surface area contributed by atoms with Crippen molar-refractivity contribution < 1.29 is 22.8 Å². The molecule has 1 aromatic rings. The molecule has 1 fully saturated rings. The predicted molar refractivity (Wildman–Crippen MR) is 79.8 cm³/mol. The van der Waals surface area contributed by atoms with Crippen LogP contribution >= 0.6 is 0 Å². The molecule has 0 spiro atoms. The van der Waals surface area contributed by atoms with Crippen LogP contribution in [0.3, 0.4) is 0 Å². The highest BCUT2D eigenvalue weighted by Gasteiger charge is 2.31. The molecule has 7 heteroatoms. The van der Waals surface area contributed by atoms with E-state index < -0.39 is 11.7 Å². The second-order valence-electron chi connectivity index (χ2n) is 5.64. The summed E-state index contributed by atoms with van der Waals surface area (Å²) in [6, 6.07) is 4.61. The molecule has 0 heterocycles. The van der Waals surface area contributed by atoms with E-state index in [1.54, 1.807) is 0 Å². The third-order valence-electron chi connectivity index (χ3n) is 3.98. The van der Waals surface area contributed by atoms with E-state index in [1.165, 1.54) is 24.0 Å². The zero-order valence-electron chi connectivity index (χ0n) is 12.8. The fraction of sp³-hybridized carbons (Fsp3) is 0.500. The number of amides is 2. The molecule has 0 radical (unpaired) electrons. The van der Waals surface area contributed by atoms with Crippen LogP contribution < -0.4 is 10.2 Å². The lowest BCUT2D eigenvalue weighted by atomic mass is 9.85. The Kier molecular flexibility index (Phi) is 5.28. The lowest BCUT2D eigenvalue weighted by molar-refractivity contribution is -0.137. The minimum Gasteiger partial charge on any atom is -0.354 e. The van der Waals surface area contributed by atoms with Gasteiger partial charge in [-0.3, -0.25) is 9.59 Å². The Bertz CT molecular complexity index is 583. The van der Waals surface area contributed by atoms with Crippen LogP contribution in [-0.2, 0) is 15.8 Å². The van der Waals surface area contributed by atoms with Crippen molar-refractivity contribution in [3.05, 3.63) is 29.8 Å². The Labute approximate surface area is 132 Å². The minimum atomic E-state index is -4.46. The number of nitrogens with one attached hydrogen (secondary N) is 1. The van der Waals surface area contributed by atoms with Gasteiger partial charge in [0.05, 0.1) is 5.56 Å². The Morgan fingerprint density at radius 2 is 2.00 bits per heavy atom. The first-order chi connectivity index (χ1) is 10.8. The second-order valence-corrected chi connectivity index (χ2v) is 5.64. The topological polar surface area (TPSA) is 49.4 Å². The molecule has 1 aliphatic carbocycles. The Morgan fingerprint density at radius 1 is 1.30 bits per heavy atom. The van der Waals surface area contributed by atoms with Gasteiger partial charge in [0.25, 0.3) is 0 Å². The van der Waals surface area contributed by atoms with E-state index >= 15 is 0 Å². The van der Waals surface area contributed by atoms with Crippen molar-refractivity contribution in [2.24, 2.45) is 5.92 Å². The van der Waals surface area contributed by atoms with Crippen molar-refractivity contribution in [1.29, 1.82) is 0 Å². The normalized spacial score (nSPS) is 15.0. The number of nitrogens with zero attached hydrogens (tertiary/aromatic N) is 1. The maximum absolute atomic E-state index is 12.8. The first-order valence-electron chi connectivity index (χ1n) is 7.52. The van der Waals surface area contributed by atoms with Gasteiger partial charge in [0.15, 0.2) is 0 Å². The molecule has 23 heavy (non-hydrogen) atoms. The van der Waals surface area contributed by atoms with Crippen LogP contribution in [0.5, 0.6) is 0 Å². The Hall–Kier alpha value is -2.05. The van der Waals surface area contributed by atoms with Crippen LogP contribution in [-0.4, -0.2) is 24.9 Å². The Balaban J connectivity index is 2.00. The van der Waals surface area contributed by atoms with E-state index in [9.17, 15) is 22.8 Å². The summed E-state index contributed by atoms with van der Waals surface area (Å²) in [5.74, 6) is -0.389. The number of halogens is 3. The molecule has 1 aromatic carbocycles. The molecule has 4 nitrogen and oxygen atoms in total. The maximum Gasteiger partial charge on any atom is 0.416 e. The van der Waals surface area contributed by atoms with Crippen molar-refractivity contribution in [2.45, 2.75) is 32.4 Å². The van der Waals surface area contributed by atoms with Gasteiger partial charge >= 0.3 is 6.18 Å². The molecule has 2 rings (SSSR count). The SMILES string of the molecule is CC(=O)N(CCNC(=O)C1CCC1)c1cccc(C(F)(F)F)c1. The van der Waals surface area contributed by atoms with Gasteiger partial charge in [-0.1, -0.05) is 12.5 Å². The van der Waals surface area contributed by atoms with Crippen LogP contribution in [0, 0.1) is 5.92 Å². The van der Waals surface area contributed by atoms with Gasteiger partial charge in [0, 0.05) is 31.6 Å². The van der Waals surface area contributed by atoms with Crippen molar-refractivity contribution >= 4 is 17.5 Å². The molecule has 2 amide bonds. The average Bonchev–Trinajstić information content (AvgIpc) is 2.40. The van der Waals surface area contributed by atoms with Crippen molar-refractivity contribution in [1.82, 2.24) is 5.32 Å². The Morgan fingerprint density at radius 3 is 2.52 bits per heavy atom. The summed E-state index contributed by atoms with van der Waals surface area (Å²) in [5.41, 5.74) is -0.634. The molecule has 0 aliphatic heterocycles. The van der Waals surface area contributed by atoms with Crippen LogP contribution in [0.15, 0.2) is 24.3 Å². The summed E-state index contributed by atoms with van der Waals surface area (Å²) in [4.78, 5) is 24.7. The molecule has 1 saturated carbocycles. The predicted octanol–water partition coefficient (Wildman–Crippen LogP) is 2.97. The van der Waals surface area contributed by atoms with E-state index in [-0.39, 0.29) is 36.5 Å². The number of hydrogen-bond acceptors (Lipinski definition) is 2. The summed E-state index contributed by atoms with van der Waals surface area (Å²) in [7, 11) is 0. The zero-order valence-corrected chi connectivity index (χ0v) is 12.8. The van der Waals surface area contributed by atoms with Gasteiger partial charge in [-0.2, -0.15) is 13.2 Å². The molecular weight excluding hydrogens is 309 g/mol. The van der Waals surface area contributed by atoms with Crippen molar-refractivity contribution in [3.8, 4) is 0 Å². The van der Waals surface area contributed by atoms with E-state index in [1.807, 2.05) is 0 Å². The fourth-order valence-electron chi connectivity index (χ4n) is 2.42. The monoisotopic (exact) mass is 328 g/mol. The number of alkyl halides is 3. The van der Waals surface area contributed by atoms with Crippen LogP contribution in [0.25, 0.3) is 0 Å². The summed E-state index contributed by atoms with van der Waals surface area (Å²) in [5, 5.41) is 2.73. The van der Waals surface area contributed by atoms with Crippen molar-refractivity contribution in [2.75, 3.05) is 18.0 Å². The molecule has 0 saturated heterocycles. The van der Waals surface area contributed by atoms with E-state index in [0.29, 0.717) is 0 Å². The summed E-state index contributed by atoms with van der Waals surface area (Å²) >= 11 is 0. The van der Waals surface area contributed by atoms with Gasteiger partial charge in [-0.05, 0) is 31.0 Å². The number of benzene rings is 1. The van der Waals surface area contributed by atoms with Gasteiger partial charge < -0.3 is 10.2 Å². The minimum absolute atomic E-state index is 0.0364. The fourth-order valence-corrected chi connectivity index (χ4v) is 2.42. The van der Waals surface area contributed by atoms with Gasteiger partial charge in [0.2, 0.25) is 11.8 Å². The molecule has 126 valence electrons. The highest BCUT2D eigenvalue weighted by atomic mass is 19.4. The van der Waals surface area contributed by atoms with Gasteiger partial charge in [-0.25, -0.2) is 0 Å². The van der Waals surface area contributed by atoms with Gasteiger partial charge in [-0.15, -0.1) is 0 Å². The summed E-state index contributed by atoms with van der Waals surface area (Å²) in [6.07, 6.45) is -1.68. The van der Waals surface area contributed by atoms with Crippen molar-refractivity contribution in [3.63, 3.8) is 0 Å². The molecule has 0 atom stereocenters. The molecule has 0 unspecified atom stereocenters. The third-order valence-corrected chi connectivity index (χ3v) is 3.98. The highest BCUT2D eigenvalue weighted by molar-refractivity contribution is 5.91. The first-order valence-corrected chi connectivity index (χ1v) is 7.52. The summed E-state index contributed by atoms with van der Waals surface area (Å²) < 4.78 is 38.3. The molecule has 1 aliphatic rings. The summed E-state index contributed by atoms with van der Waals surface area (Å²) in [6.45, 7) is 1.63. The number of hydrogen-bond donors (Lipinski definition) is 1.